The molecule has 1 unspecified atom stereocenters. The van der Waals surface area contributed by atoms with Gasteiger partial charge >= 0.3 is 0 Å². The zero-order valence-electron chi connectivity index (χ0n) is 12.0. The molecule has 7 heteroatoms. The lowest BCUT2D eigenvalue weighted by Crippen LogP contribution is -2.34. The van der Waals surface area contributed by atoms with Gasteiger partial charge in [-0.25, -0.2) is 8.42 Å². The third kappa shape index (κ3) is 2.76. The summed E-state index contributed by atoms with van der Waals surface area (Å²) in [6.45, 7) is 2.72. The van der Waals surface area contributed by atoms with E-state index >= 15 is 0 Å². The molecule has 1 aromatic heterocycles. The molecule has 0 bridgehead atoms. The van der Waals surface area contributed by atoms with Crippen molar-refractivity contribution in [3.05, 3.63) is 11.3 Å². The van der Waals surface area contributed by atoms with Crippen LogP contribution in [-0.2, 0) is 23.4 Å². The summed E-state index contributed by atoms with van der Waals surface area (Å²) < 4.78 is 25.1. The number of nitrogens with zero attached hydrogens (tertiary/aromatic N) is 3. The van der Waals surface area contributed by atoms with E-state index < -0.39 is 9.84 Å². The van der Waals surface area contributed by atoms with Gasteiger partial charge in [-0.3, -0.25) is 4.68 Å². The number of aryl methyl sites for hydroxylation is 2. The molecule has 1 aromatic rings. The van der Waals surface area contributed by atoms with Crippen molar-refractivity contribution >= 4 is 15.7 Å². The minimum Gasteiger partial charge on any atom is -0.356 e. The van der Waals surface area contributed by atoms with E-state index in [-0.39, 0.29) is 11.8 Å². The summed E-state index contributed by atoms with van der Waals surface area (Å²) in [4.78, 5) is 2.07. The van der Waals surface area contributed by atoms with Crippen molar-refractivity contribution in [3.8, 4) is 0 Å². The SMILES string of the molecule is CNCc1c(C)nn(C)c1N(C)C1CCS(=O)(=O)C1. The van der Waals surface area contributed by atoms with Gasteiger partial charge in [0.2, 0.25) is 0 Å². The Morgan fingerprint density at radius 3 is 2.74 bits per heavy atom. The maximum atomic E-state index is 11.6. The number of hydrogen-bond acceptors (Lipinski definition) is 5. The first kappa shape index (κ1) is 14.3. The lowest BCUT2D eigenvalue weighted by Gasteiger charge is -2.26. The highest BCUT2D eigenvalue weighted by Gasteiger charge is 2.32. The Morgan fingerprint density at radius 1 is 1.53 bits per heavy atom. The molecule has 1 fully saturated rings. The second-order valence-corrected chi connectivity index (χ2v) is 7.44. The molecule has 0 spiro atoms. The van der Waals surface area contributed by atoms with Crippen LogP contribution in [0.2, 0.25) is 0 Å². The van der Waals surface area contributed by atoms with E-state index in [1.807, 2.05) is 32.7 Å². The Balaban J connectivity index is 2.31. The van der Waals surface area contributed by atoms with Crippen molar-refractivity contribution in [2.75, 3.05) is 30.5 Å². The molecule has 0 amide bonds. The molecule has 1 atom stereocenters. The van der Waals surface area contributed by atoms with Crippen LogP contribution >= 0.6 is 0 Å². The normalized spacial score (nSPS) is 21.8. The molecule has 1 aliphatic rings. The smallest absolute Gasteiger partial charge is 0.152 e. The standard InChI is InChI=1S/C12H22N4O2S/c1-9-11(7-13-2)12(16(4)14-9)15(3)10-5-6-19(17,18)8-10/h10,13H,5-8H2,1-4H3. The Labute approximate surface area is 114 Å². The van der Waals surface area contributed by atoms with Crippen molar-refractivity contribution in [2.24, 2.45) is 7.05 Å². The van der Waals surface area contributed by atoms with Crippen LogP contribution in [0.5, 0.6) is 0 Å². The minimum atomic E-state index is -2.87. The van der Waals surface area contributed by atoms with Crippen LogP contribution in [0.4, 0.5) is 5.82 Å². The number of sulfone groups is 1. The lowest BCUT2D eigenvalue weighted by atomic mass is 10.2. The van der Waals surface area contributed by atoms with Gasteiger partial charge in [0.25, 0.3) is 0 Å². The summed E-state index contributed by atoms with van der Waals surface area (Å²) in [7, 11) is 2.90. The molecule has 0 aliphatic carbocycles. The molecule has 1 saturated heterocycles. The number of aromatic nitrogens is 2. The molecular weight excluding hydrogens is 264 g/mol. The van der Waals surface area contributed by atoms with Crippen LogP contribution in [-0.4, -0.2) is 49.8 Å². The van der Waals surface area contributed by atoms with E-state index in [1.54, 1.807) is 0 Å². The van der Waals surface area contributed by atoms with Gasteiger partial charge < -0.3 is 10.2 Å². The number of anilines is 1. The average molecular weight is 286 g/mol. The van der Waals surface area contributed by atoms with Crippen LogP contribution in [0.1, 0.15) is 17.7 Å². The van der Waals surface area contributed by atoms with Crippen LogP contribution in [0, 0.1) is 6.92 Å². The van der Waals surface area contributed by atoms with Crippen molar-refractivity contribution < 1.29 is 8.42 Å². The molecule has 0 saturated carbocycles. The summed E-state index contributed by atoms with van der Waals surface area (Å²) >= 11 is 0. The van der Waals surface area contributed by atoms with Crippen molar-refractivity contribution in [1.29, 1.82) is 0 Å². The molecule has 1 aliphatic heterocycles. The molecular formula is C12H22N4O2S. The molecule has 6 nitrogen and oxygen atoms in total. The Kier molecular flexibility index (Phi) is 3.87. The van der Waals surface area contributed by atoms with Gasteiger partial charge in [0.1, 0.15) is 5.82 Å². The summed E-state index contributed by atoms with van der Waals surface area (Å²) in [6.07, 6.45) is 0.696. The topological polar surface area (TPSA) is 67.2 Å². The number of nitrogens with one attached hydrogen (secondary N) is 1. The van der Waals surface area contributed by atoms with Gasteiger partial charge in [0.15, 0.2) is 9.84 Å². The first-order valence-electron chi connectivity index (χ1n) is 6.46. The van der Waals surface area contributed by atoms with E-state index in [9.17, 15) is 8.42 Å². The molecule has 2 rings (SSSR count). The van der Waals surface area contributed by atoms with Crippen molar-refractivity contribution in [1.82, 2.24) is 15.1 Å². The maximum absolute atomic E-state index is 11.6. The first-order valence-corrected chi connectivity index (χ1v) is 8.28. The van der Waals surface area contributed by atoms with E-state index in [4.69, 9.17) is 0 Å². The Morgan fingerprint density at radius 2 is 2.21 bits per heavy atom. The Hall–Kier alpha value is -1.08. The third-order valence-electron chi connectivity index (χ3n) is 3.76. The average Bonchev–Trinajstić information content (AvgIpc) is 2.80. The van der Waals surface area contributed by atoms with Gasteiger partial charge in [-0.2, -0.15) is 5.10 Å². The van der Waals surface area contributed by atoms with Crippen LogP contribution < -0.4 is 10.2 Å². The zero-order chi connectivity index (χ0) is 14.2. The summed E-state index contributed by atoms with van der Waals surface area (Å²) in [5.41, 5.74) is 2.12. The highest BCUT2D eigenvalue weighted by atomic mass is 32.2. The maximum Gasteiger partial charge on any atom is 0.152 e. The molecule has 108 valence electrons. The zero-order valence-corrected chi connectivity index (χ0v) is 12.8. The summed E-state index contributed by atoms with van der Waals surface area (Å²) in [5.74, 6) is 1.54. The fourth-order valence-corrected chi connectivity index (χ4v) is 4.54. The van der Waals surface area contributed by atoms with Crippen molar-refractivity contribution in [2.45, 2.75) is 25.9 Å². The molecule has 0 radical (unpaired) electrons. The molecule has 1 N–H and O–H groups in total. The number of rotatable bonds is 4. The van der Waals surface area contributed by atoms with Gasteiger partial charge in [0.05, 0.1) is 17.2 Å². The van der Waals surface area contributed by atoms with Gasteiger partial charge in [-0.1, -0.05) is 0 Å². The number of hydrogen-bond donors (Lipinski definition) is 1. The fourth-order valence-electron chi connectivity index (χ4n) is 2.77. The minimum absolute atomic E-state index is 0.0513. The van der Waals surface area contributed by atoms with Crippen LogP contribution in [0.3, 0.4) is 0 Å². The Bertz CT molecular complexity index is 565. The van der Waals surface area contributed by atoms with E-state index in [1.165, 1.54) is 0 Å². The van der Waals surface area contributed by atoms with Gasteiger partial charge in [-0.15, -0.1) is 0 Å². The van der Waals surface area contributed by atoms with Crippen LogP contribution in [0.15, 0.2) is 0 Å². The monoisotopic (exact) mass is 286 g/mol. The van der Waals surface area contributed by atoms with Gasteiger partial charge in [0, 0.05) is 32.2 Å². The van der Waals surface area contributed by atoms with Crippen LogP contribution in [0.25, 0.3) is 0 Å². The quantitative estimate of drug-likeness (QED) is 0.848. The predicted octanol–water partition coefficient (Wildman–Crippen LogP) is 0.0712. The van der Waals surface area contributed by atoms with E-state index in [0.29, 0.717) is 12.2 Å². The molecule has 2 heterocycles. The highest BCUT2D eigenvalue weighted by Crippen LogP contribution is 2.27. The first-order chi connectivity index (χ1) is 8.85. The second-order valence-electron chi connectivity index (χ2n) is 5.21. The fraction of sp³-hybridized carbons (Fsp3) is 0.750. The van der Waals surface area contributed by atoms with E-state index in [2.05, 4.69) is 15.3 Å². The van der Waals surface area contributed by atoms with Gasteiger partial charge in [-0.05, 0) is 20.4 Å². The van der Waals surface area contributed by atoms with Crippen molar-refractivity contribution in [3.63, 3.8) is 0 Å². The predicted molar refractivity (Wildman–Crippen MR) is 76.2 cm³/mol. The highest BCUT2D eigenvalue weighted by molar-refractivity contribution is 7.91. The summed E-state index contributed by atoms with van der Waals surface area (Å²) in [6, 6.07) is 0.0513. The molecule has 19 heavy (non-hydrogen) atoms. The largest absolute Gasteiger partial charge is 0.356 e. The lowest BCUT2D eigenvalue weighted by molar-refractivity contribution is 0.600. The molecule has 0 aromatic carbocycles. The summed E-state index contributed by atoms with van der Waals surface area (Å²) in [5, 5.41) is 7.59. The second kappa shape index (κ2) is 5.13. The third-order valence-corrected chi connectivity index (χ3v) is 5.51. The van der Waals surface area contributed by atoms with E-state index in [0.717, 1.165) is 23.6 Å².